The molecule has 1 saturated heterocycles. The lowest BCUT2D eigenvalue weighted by molar-refractivity contribution is 0.176. The van der Waals surface area contributed by atoms with Crippen molar-refractivity contribution >= 4 is 0 Å². The molecule has 0 aromatic rings. The van der Waals surface area contributed by atoms with E-state index in [2.05, 4.69) is 18.7 Å². The number of hydrogen-bond donors (Lipinski definition) is 1. The molecule has 1 rings (SSSR count). The van der Waals surface area contributed by atoms with Gasteiger partial charge in [-0.3, -0.25) is 0 Å². The van der Waals surface area contributed by atoms with Crippen molar-refractivity contribution in [2.75, 3.05) is 13.2 Å². The standard InChI is InChI=1S/C16H31NO.C15H30O.2CH4/c1-3-4-5-6-7-8-9-10-11-12-13-14-16(18)15-17-2;1-2-3-4-5-6-7-8-9-10-11-12-13-15-14-16-15;;/h16,18H,3-15H2,1H3;15H,2-14H2,1H3;2*1H4. The summed E-state index contributed by atoms with van der Waals surface area (Å²) in [6.07, 6.45) is 32.9. The maximum Gasteiger partial charge on any atom is 0.240 e. The number of rotatable bonds is 25. The van der Waals surface area contributed by atoms with Gasteiger partial charge in [0.1, 0.15) is 6.10 Å². The number of unbranched alkanes of at least 4 members (excludes halogenated alkanes) is 20. The van der Waals surface area contributed by atoms with E-state index in [9.17, 15) is 5.11 Å². The van der Waals surface area contributed by atoms with Gasteiger partial charge in [0.15, 0.2) is 0 Å². The molecule has 2 atom stereocenters. The van der Waals surface area contributed by atoms with Gasteiger partial charge in [-0.25, -0.2) is 6.57 Å². The van der Waals surface area contributed by atoms with Crippen molar-refractivity contribution in [3.8, 4) is 0 Å². The fourth-order valence-electron chi connectivity index (χ4n) is 4.51. The van der Waals surface area contributed by atoms with Gasteiger partial charge < -0.3 is 14.7 Å². The van der Waals surface area contributed by atoms with Crippen LogP contribution in [0.4, 0.5) is 0 Å². The molecule has 1 aliphatic rings. The Labute approximate surface area is 229 Å². The van der Waals surface area contributed by atoms with E-state index < -0.39 is 0 Å². The average Bonchev–Trinajstić information content (AvgIpc) is 3.66. The molecule has 3 nitrogen and oxygen atoms in total. The minimum Gasteiger partial charge on any atom is -0.385 e. The predicted octanol–water partition coefficient (Wildman–Crippen LogP) is 11.3. The van der Waals surface area contributed by atoms with Crippen molar-refractivity contribution in [2.24, 2.45) is 0 Å². The molecule has 2 unspecified atom stereocenters. The highest BCUT2D eigenvalue weighted by Crippen LogP contribution is 2.18. The van der Waals surface area contributed by atoms with E-state index in [1.165, 1.54) is 141 Å². The van der Waals surface area contributed by atoms with E-state index in [-0.39, 0.29) is 27.5 Å². The highest BCUT2D eigenvalue weighted by Gasteiger charge is 2.20. The fraction of sp³-hybridized carbons (Fsp3) is 0.970. The molecular weight excluding hydrogens is 442 g/mol. The maximum atomic E-state index is 9.38. The number of ether oxygens (including phenoxy) is 1. The van der Waals surface area contributed by atoms with Gasteiger partial charge in [-0.15, -0.1) is 0 Å². The van der Waals surface area contributed by atoms with Crippen LogP contribution in [0.1, 0.15) is 183 Å². The van der Waals surface area contributed by atoms with Crippen molar-refractivity contribution in [1.82, 2.24) is 0 Å². The number of aliphatic hydroxyl groups excluding tert-OH is 1. The van der Waals surface area contributed by atoms with Gasteiger partial charge in [-0.2, -0.15) is 0 Å². The zero-order chi connectivity index (χ0) is 25.0. The summed E-state index contributed by atoms with van der Waals surface area (Å²) in [6, 6.07) is 0. The number of epoxide rings is 1. The molecule has 0 saturated carbocycles. The van der Waals surface area contributed by atoms with E-state index in [1.807, 2.05) is 0 Å². The Kier molecular flexibility index (Phi) is 38.2. The van der Waals surface area contributed by atoms with E-state index in [0.29, 0.717) is 6.10 Å². The molecule has 218 valence electrons. The Balaban J connectivity index is -0.000000576. The molecule has 1 fully saturated rings. The van der Waals surface area contributed by atoms with Crippen LogP contribution in [0.5, 0.6) is 0 Å². The molecule has 0 radical (unpaired) electrons. The first-order valence-corrected chi connectivity index (χ1v) is 15.4. The maximum absolute atomic E-state index is 9.38. The van der Waals surface area contributed by atoms with Gasteiger partial charge >= 0.3 is 0 Å². The van der Waals surface area contributed by atoms with Crippen LogP contribution in [0.15, 0.2) is 0 Å². The molecule has 0 spiro atoms. The third kappa shape index (κ3) is 35.6. The number of aliphatic hydroxyl groups is 1. The van der Waals surface area contributed by atoms with E-state index in [0.717, 1.165) is 19.4 Å². The Hall–Kier alpha value is -0.590. The summed E-state index contributed by atoms with van der Waals surface area (Å²) in [5.41, 5.74) is 0. The summed E-state index contributed by atoms with van der Waals surface area (Å²) in [5.74, 6) is 0. The summed E-state index contributed by atoms with van der Waals surface area (Å²) in [7, 11) is 0. The second-order valence-corrected chi connectivity index (χ2v) is 10.6. The number of hydrogen-bond acceptors (Lipinski definition) is 2. The van der Waals surface area contributed by atoms with E-state index in [4.69, 9.17) is 11.3 Å². The van der Waals surface area contributed by atoms with Crippen molar-refractivity contribution in [3.05, 3.63) is 11.4 Å². The Morgan fingerprint density at radius 3 is 1.31 bits per heavy atom. The van der Waals surface area contributed by atoms with Crippen molar-refractivity contribution in [2.45, 2.75) is 195 Å². The van der Waals surface area contributed by atoms with E-state index in [1.54, 1.807) is 0 Å². The van der Waals surface area contributed by atoms with Gasteiger partial charge in [-0.1, -0.05) is 170 Å². The molecule has 0 amide bonds. The SMILES string of the molecule is C.C.CCCCCCCCCCCCCC1CO1.[C-]#[N+]CC(O)CCCCCCCCCCCCC. The molecule has 36 heavy (non-hydrogen) atoms. The molecule has 0 aliphatic carbocycles. The van der Waals surface area contributed by atoms with Crippen LogP contribution in [0, 0.1) is 6.57 Å². The Bertz CT molecular complexity index is 416. The zero-order valence-corrected chi connectivity index (χ0v) is 23.3. The predicted molar refractivity (Wildman–Crippen MR) is 163 cm³/mol. The average molecular weight is 512 g/mol. The first-order valence-electron chi connectivity index (χ1n) is 15.4. The first kappa shape index (κ1) is 39.9. The van der Waals surface area contributed by atoms with Crippen LogP contribution in [-0.2, 0) is 4.74 Å². The van der Waals surface area contributed by atoms with Crippen LogP contribution in [0.3, 0.4) is 0 Å². The van der Waals surface area contributed by atoms with Crippen LogP contribution in [-0.4, -0.2) is 30.5 Å². The zero-order valence-electron chi connectivity index (χ0n) is 23.3. The highest BCUT2D eigenvalue weighted by molar-refractivity contribution is 4.68. The second kappa shape index (κ2) is 34.4. The first-order chi connectivity index (χ1) is 16.7. The van der Waals surface area contributed by atoms with E-state index >= 15 is 0 Å². The van der Waals surface area contributed by atoms with Crippen LogP contribution >= 0.6 is 0 Å². The van der Waals surface area contributed by atoms with Gasteiger partial charge in [0.05, 0.1) is 12.7 Å². The minimum absolute atomic E-state index is 0. The smallest absolute Gasteiger partial charge is 0.240 e. The summed E-state index contributed by atoms with van der Waals surface area (Å²) in [5, 5.41) is 9.38. The normalized spacial score (nSPS) is 14.6. The Morgan fingerprint density at radius 1 is 0.639 bits per heavy atom. The monoisotopic (exact) mass is 512 g/mol. The molecule has 1 N–H and O–H groups in total. The summed E-state index contributed by atoms with van der Waals surface area (Å²) in [6.45, 7) is 12.5. The van der Waals surface area contributed by atoms with Crippen LogP contribution in [0.25, 0.3) is 4.85 Å². The molecule has 1 heterocycles. The Morgan fingerprint density at radius 2 is 0.972 bits per heavy atom. The summed E-state index contributed by atoms with van der Waals surface area (Å²) in [4.78, 5) is 3.21. The van der Waals surface area contributed by atoms with Crippen LogP contribution < -0.4 is 0 Å². The molecule has 0 bridgehead atoms. The molecule has 0 aromatic heterocycles. The molecule has 0 aromatic carbocycles. The lowest BCUT2D eigenvalue weighted by Crippen LogP contribution is -2.08. The third-order valence-electron chi connectivity index (χ3n) is 6.97. The minimum atomic E-state index is -0.388. The van der Waals surface area contributed by atoms with Gasteiger partial charge in [0, 0.05) is 0 Å². The molecule has 1 aliphatic heterocycles. The largest absolute Gasteiger partial charge is 0.385 e. The fourth-order valence-corrected chi connectivity index (χ4v) is 4.51. The lowest BCUT2D eigenvalue weighted by Gasteiger charge is -2.04. The van der Waals surface area contributed by atoms with Gasteiger partial charge in [-0.05, 0) is 12.8 Å². The summed E-state index contributed by atoms with van der Waals surface area (Å²) < 4.78 is 5.20. The van der Waals surface area contributed by atoms with Crippen molar-refractivity contribution in [3.63, 3.8) is 0 Å². The van der Waals surface area contributed by atoms with Crippen molar-refractivity contribution < 1.29 is 9.84 Å². The lowest BCUT2D eigenvalue weighted by atomic mass is 10.0. The quantitative estimate of drug-likeness (QED) is 0.0751. The van der Waals surface area contributed by atoms with Gasteiger partial charge in [0.25, 0.3) is 0 Å². The van der Waals surface area contributed by atoms with Crippen molar-refractivity contribution in [1.29, 1.82) is 0 Å². The van der Waals surface area contributed by atoms with Gasteiger partial charge in [0.2, 0.25) is 6.54 Å². The van der Waals surface area contributed by atoms with Crippen LogP contribution in [0.2, 0.25) is 0 Å². The topological polar surface area (TPSA) is 37.1 Å². The second-order valence-electron chi connectivity index (χ2n) is 10.6. The molecular formula is C33H69NO2. The third-order valence-corrected chi connectivity index (χ3v) is 6.97. The summed E-state index contributed by atoms with van der Waals surface area (Å²) >= 11 is 0. The number of nitrogens with zero attached hydrogens (tertiary/aromatic N) is 1. The highest BCUT2D eigenvalue weighted by atomic mass is 16.6. The molecule has 3 heteroatoms.